The van der Waals surface area contributed by atoms with Crippen molar-refractivity contribution in [3.8, 4) is 10.4 Å². The molecule has 2 aromatic rings. The molecule has 0 unspecified atom stereocenters. The number of rotatable bonds is 5. The SMILES string of the molecule is CCCNCc1cc(F)ccc1-c1cccs1. The van der Waals surface area contributed by atoms with Gasteiger partial charge in [0.15, 0.2) is 0 Å². The summed E-state index contributed by atoms with van der Waals surface area (Å²) in [4.78, 5) is 1.19. The number of halogens is 1. The number of benzene rings is 1. The van der Waals surface area contributed by atoms with Crippen LogP contribution in [-0.4, -0.2) is 6.54 Å². The summed E-state index contributed by atoms with van der Waals surface area (Å²) in [6.45, 7) is 3.80. The van der Waals surface area contributed by atoms with Crippen LogP contribution in [0.15, 0.2) is 35.7 Å². The van der Waals surface area contributed by atoms with Crippen LogP contribution in [-0.2, 0) is 6.54 Å². The molecule has 1 aromatic heterocycles. The second kappa shape index (κ2) is 5.94. The van der Waals surface area contributed by atoms with Crippen LogP contribution < -0.4 is 5.32 Å². The van der Waals surface area contributed by atoms with Crippen molar-refractivity contribution in [1.29, 1.82) is 0 Å². The predicted octanol–water partition coefficient (Wildman–Crippen LogP) is 4.05. The molecule has 1 N–H and O–H groups in total. The van der Waals surface area contributed by atoms with Crippen LogP contribution in [0.5, 0.6) is 0 Å². The van der Waals surface area contributed by atoms with Gasteiger partial charge in [-0.15, -0.1) is 11.3 Å². The standard InChI is InChI=1S/C14H16FNS/c1-2-7-16-10-11-9-12(15)5-6-13(11)14-4-3-8-17-14/h3-6,8-9,16H,2,7,10H2,1H3. The third-order valence-electron chi connectivity index (χ3n) is 2.60. The summed E-state index contributed by atoms with van der Waals surface area (Å²) >= 11 is 1.69. The molecule has 0 amide bonds. The molecule has 17 heavy (non-hydrogen) atoms. The average molecular weight is 249 g/mol. The van der Waals surface area contributed by atoms with Gasteiger partial charge in [-0.3, -0.25) is 0 Å². The molecule has 90 valence electrons. The first-order valence-electron chi connectivity index (χ1n) is 5.84. The fourth-order valence-corrected chi connectivity index (χ4v) is 2.57. The van der Waals surface area contributed by atoms with Crippen molar-refractivity contribution >= 4 is 11.3 Å². The second-order valence-electron chi connectivity index (χ2n) is 3.96. The lowest BCUT2D eigenvalue weighted by Crippen LogP contribution is -2.14. The van der Waals surface area contributed by atoms with E-state index in [1.54, 1.807) is 17.4 Å². The number of hydrogen-bond acceptors (Lipinski definition) is 2. The topological polar surface area (TPSA) is 12.0 Å². The van der Waals surface area contributed by atoms with Gasteiger partial charge in [0, 0.05) is 11.4 Å². The molecule has 0 aliphatic carbocycles. The third kappa shape index (κ3) is 3.14. The summed E-state index contributed by atoms with van der Waals surface area (Å²) in [6.07, 6.45) is 1.09. The van der Waals surface area contributed by atoms with E-state index in [2.05, 4.69) is 18.3 Å². The van der Waals surface area contributed by atoms with Crippen LogP contribution in [0, 0.1) is 5.82 Å². The van der Waals surface area contributed by atoms with E-state index in [-0.39, 0.29) is 5.82 Å². The third-order valence-corrected chi connectivity index (χ3v) is 3.50. The van der Waals surface area contributed by atoms with E-state index in [0.717, 1.165) is 30.6 Å². The molecule has 0 radical (unpaired) electrons. The number of hydrogen-bond donors (Lipinski definition) is 1. The molecule has 0 saturated heterocycles. The van der Waals surface area contributed by atoms with Crippen LogP contribution in [0.1, 0.15) is 18.9 Å². The summed E-state index contributed by atoms with van der Waals surface area (Å²) in [7, 11) is 0. The van der Waals surface area contributed by atoms with Crippen molar-refractivity contribution in [2.75, 3.05) is 6.54 Å². The van der Waals surface area contributed by atoms with Gasteiger partial charge >= 0.3 is 0 Å². The maximum absolute atomic E-state index is 13.3. The summed E-state index contributed by atoms with van der Waals surface area (Å²) in [5, 5.41) is 5.36. The minimum Gasteiger partial charge on any atom is -0.313 e. The van der Waals surface area contributed by atoms with Gasteiger partial charge < -0.3 is 5.32 Å². The molecule has 0 saturated carbocycles. The van der Waals surface area contributed by atoms with Crippen LogP contribution in [0.25, 0.3) is 10.4 Å². The molecule has 0 fully saturated rings. The number of nitrogens with one attached hydrogen (secondary N) is 1. The van der Waals surface area contributed by atoms with Crippen molar-refractivity contribution in [1.82, 2.24) is 5.32 Å². The van der Waals surface area contributed by atoms with Crippen LogP contribution in [0.3, 0.4) is 0 Å². The quantitative estimate of drug-likeness (QED) is 0.788. The van der Waals surface area contributed by atoms with Gasteiger partial charge in [0.1, 0.15) is 5.82 Å². The monoisotopic (exact) mass is 249 g/mol. The minimum absolute atomic E-state index is 0.168. The van der Waals surface area contributed by atoms with Gasteiger partial charge in [0.2, 0.25) is 0 Å². The lowest BCUT2D eigenvalue weighted by Gasteiger charge is -2.09. The maximum atomic E-state index is 13.3. The summed E-state index contributed by atoms with van der Waals surface area (Å²) in [5.74, 6) is -0.168. The van der Waals surface area contributed by atoms with E-state index in [0.29, 0.717) is 0 Å². The Balaban J connectivity index is 2.25. The van der Waals surface area contributed by atoms with Crippen molar-refractivity contribution < 1.29 is 4.39 Å². The van der Waals surface area contributed by atoms with E-state index in [1.807, 2.05) is 17.5 Å². The first-order chi connectivity index (χ1) is 8.31. The first-order valence-corrected chi connectivity index (χ1v) is 6.72. The lowest BCUT2D eigenvalue weighted by molar-refractivity contribution is 0.619. The summed E-state index contributed by atoms with van der Waals surface area (Å²) < 4.78 is 13.3. The molecule has 0 bridgehead atoms. The predicted molar refractivity (Wildman–Crippen MR) is 71.7 cm³/mol. The highest BCUT2D eigenvalue weighted by molar-refractivity contribution is 7.13. The first kappa shape index (κ1) is 12.3. The smallest absolute Gasteiger partial charge is 0.123 e. The van der Waals surface area contributed by atoms with Crippen molar-refractivity contribution in [2.45, 2.75) is 19.9 Å². The Kier molecular flexibility index (Phi) is 4.29. The van der Waals surface area contributed by atoms with Crippen LogP contribution in [0.4, 0.5) is 4.39 Å². The Bertz CT molecular complexity index is 465. The zero-order valence-electron chi connectivity index (χ0n) is 9.87. The molecule has 0 spiro atoms. The van der Waals surface area contributed by atoms with Crippen molar-refractivity contribution in [3.63, 3.8) is 0 Å². The fourth-order valence-electron chi connectivity index (χ4n) is 1.78. The molecule has 2 rings (SSSR count). The minimum atomic E-state index is -0.168. The lowest BCUT2D eigenvalue weighted by atomic mass is 10.1. The normalized spacial score (nSPS) is 10.7. The van der Waals surface area contributed by atoms with Gasteiger partial charge in [0.25, 0.3) is 0 Å². The summed E-state index contributed by atoms with van der Waals surface area (Å²) in [6, 6.07) is 9.11. The summed E-state index contributed by atoms with van der Waals surface area (Å²) in [5.41, 5.74) is 2.16. The van der Waals surface area contributed by atoms with Crippen molar-refractivity contribution in [2.24, 2.45) is 0 Å². The highest BCUT2D eigenvalue weighted by atomic mass is 32.1. The Morgan fingerprint density at radius 1 is 1.29 bits per heavy atom. The average Bonchev–Trinajstić information content (AvgIpc) is 2.83. The molecular weight excluding hydrogens is 233 g/mol. The Morgan fingerprint density at radius 3 is 2.88 bits per heavy atom. The molecule has 1 aromatic carbocycles. The highest BCUT2D eigenvalue weighted by Crippen LogP contribution is 2.28. The van der Waals surface area contributed by atoms with Crippen LogP contribution >= 0.6 is 11.3 Å². The van der Waals surface area contributed by atoms with Gasteiger partial charge in [-0.25, -0.2) is 4.39 Å². The van der Waals surface area contributed by atoms with E-state index in [9.17, 15) is 4.39 Å². The molecule has 3 heteroatoms. The van der Waals surface area contributed by atoms with Gasteiger partial charge in [-0.1, -0.05) is 19.1 Å². The van der Waals surface area contributed by atoms with Gasteiger partial charge in [-0.05, 0) is 47.7 Å². The van der Waals surface area contributed by atoms with E-state index in [4.69, 9.17) is 0 Å². The Labute approximate surface area is 105 Å². The van der Waals surface area contributed by atoms with Crippen molar-refractivity contribution in [3.05, 3.63) is 47.1 Å². The fraction of sp³-hybridized carbons (Fsp3) is 0.286. The molecular formula is C14H16FNS. The molecule has 0 aliphatic rings. The van der Waals surface area contributed by atoms with Gasteiger partial charge in [-0.2, -0.15) is 0 Å². The largest absolute Gasteiger partial charge is 0.313 e. The van der Waals surface area contributed by atoms with E-state index in [1.165, 1.54) is 10.9 Å². The number of thiophene rings is 1. The second-order valence-corrected chi connectivity index (χ2v) is 4.90. The molecule has 1 heterocycles. The molecule has 1 nitrogen and oxygen atoms in total. The molecule has 0 aliphatic heterocycles. The molecule has 0 atom stereocenters. The van der Waals surface area contributed by atoms with E-state index >= 15 is 0 Å². The van der Waals surface area contributed by atoms with Gasteiger partial charge in [0.05, 0.1) is 0 Å². The maximum Gasteiger partial charge on any atom is 0.123 e. The zero-order valence-corrected chi connectivity index (χ0v) is 10.7. The zero-order chi connectivity index (χ0) is 12.1. The Morgan fingerprint density at radius 2 is 2.18 bits per heavy atom. The highest BCUT2D eigenvalue weighted by Gasteiger charge is 2.07. The van der Waals surface area contributed by atoms with Crippen LogP contribution in [0.2, 0.25) is 0 Å². The van der Waals surface area contributed by atoms with E-state index < -0.39 is 0 Å². The Hall–Kier alpha value is -1.19.